The Morgan fingerprint density at radius 2 is 1.93 bits per heavy atom. The summed E-state index contributed by atoms with van der Waals surface area (Å²) < 4.78 is 10.6. The molecule has 0 atom stereocenters. The fourth-order valence-electron chi connectivity index (χ4n) is 3.05. The third-order valence-electron chi connectivity index (χ3n) is 4.46. The fourth-order valence-corrected chi connectivity index (χ4v) is 3.05. The molecule has 2 aromatic heterocycles. The first-order valence-corrected chi connectivity index (χ1v) is 9.25. The second kappa shape index (κ2) is 8.62. The first-order valence-electron chi connectivity index (χ1n) is 9.25. The Kier molecular flexibility index (Phi) is 5.58. The van der Waals surface area contributed by atoms with Crippen LogP contribution in [0.25, 0.3) is 11.5 Å². The Morgan fingerprint density at radius 1 is 1.11 bits per heavy atom. The molecular formula is C20H21N5O3. The van der Waals surface area contributed by atoms with E-state index in [-0.39, 0.29) is 12.3 Å². The fraction of sp³-hybridized carbons (Fsp3) is 0.300. The number of hydrogen-bond acceptors (Lipinski definition) is 7. The van der Waals surface area contributed by atoms with Gasteiger partial charge in [-0.3, -0.25) is 9.78 Å². The van der Waals surface area contributed by atoms with Crippen molar-refractivity contribution in [2.45, 2.75) is 12.8 Å². The minimum Gasteiger partial charge on any atom is -0.378 e. The van der Waals surface area contributed by atoms with Crippen LogP contribution in [0.5, 0.6) is 0 Å². The van der Waals surface area contributed by atoms with Gasteiger partial charge in [-0.05, 0) is 24.3 Å². The summed E-state index contributed by atoms with van der Waals surface area (Å²) in [6.07, 6.45) is 2.29. The summed E-state index contributed by atoms with van der Waals surface area (Å²) in [7, 11) is 0. The molecule has 1 aromatic carbocycles. The lowest BCUT2D eigenvalue weighted by Crippen LogP contribution is -2.36. The maximum Gasteiger partial charge on any atom is 0.227 e. The van der Waals surface area contributed by atoms with Crippen LogP contribution >= 0.6 is 0 Å². The molecule has 1 aliphatic heterocycles. The zero-order valence-corrected chi connectivity index (χ0v) is 15.4. The normalized spacial score (nSPS) is 14.1. The topological polar surface area (TPSA) is 93.4 Å². The minimum atomic E-state index is -0.0988. The summed E-state index contributed by atoms with van der Waals surface area (Å²) in [4.78, 5) is 23.2. The van der Waals surface area contributed by atoms with Crippen LogP contribution in [0.4, 0.5) is 11.4 Å². The highest BCUT2D eigenvalue weighted by atomic mass is 16.5. The van der Waals surface area contributed by atoms with E-state index in [2.05, 4.69) is 25.3 Å². The number of para-hydroxylation sites is 2. The summed E-state index contributed by atoms with van der Waals surface area (Å²) in [6.45, 7) is 3.01. The number of nitrogens with zero attached hydrogens (tertiary/aromatic N) is 4. The lowest BCUT2D eigenvalue weighted by Gasteiger charge is -2.30. The maximum atomic E-state index is 12.4. The van der Waals surface area contributed by atoms with Crippen LogP contribution in [-0.4, -0.2) is 47.3 Å². The van der Waals surface area contributed by atoms with E-state index in [0.717, 1.165) is 24.5 Å². The molecule has 0 unspecified atom stereocenters. The Bertz CT molecular complexity index is 922. The summed E-state index contributed by atoms with van der Waals surface area (Å²) in [5, 5.41) is 6.92. The molecule has 1 saturated heterocycles. The van der Waals surface area contributed by atoms with Gasteiger partial charge in [0.1, 0.15) is 5.69 Å². The van der Waals surface area contributed by atoms with E-state index in [1.165, 1.54) is 0 Å². The number of benzene rings is 1. The van der Waals surface area contributed by atoms with Gasteiger partial charge in [0.2, 0.25) is 17.6 Å². The Morgan fingerprint density at radius 3 is 2.75 bits per heavy atom. The molecule has 4 rings (SSSR count). The van der Waals surface area contributed by atoms with Gasteiger partial charge < -0.3 is 19.5 Å². The highest BCUT2D eigenvalue weighted by Crippen LogP contribution is 2.26. The second-order valence-electron chi connectivity index (χ2n) is 6.39. The lowest BCUT2D eigenvalue weighted by atomic mass is 10.2. The number of carbonyl (C=O) groups is 1. The smallest absolute Gasteiger partial charge is 0.227 e. The van der Waals surface area contributed by atoms with Gasteiger partial charge in [0, 0.05) is 32.1 Å². The number of nitrogens with one attached hydrogen (secondary N) is 1. The molecule has 0 saturated carbocycles. The third-order valence-corrected chi connectivity index (χ3v) is 4.46. The molecule has 0 aliphatic carbocycles. The van der Waals surface area contributed by atoms with Crippen LogP contribution in [0.3, 0.4) is 0 Å². The van der Waals surface area contributed by atoms with Gasteiger partial charge in [-0.2, -0.15) is 4.98 Å². The Balaban J connectivity index is 1.36. The molecule has 1 amide bonds. The van der Waals surface area contributed by atoms with Gasteiger partial charge in [-0.15, -0.1) is 0 Å². The van der Waals surface area contributed by atoms with Crippen molar-refractivity contribution in [2.24, 2.45) is 0 Å². The Hall–Kier alpha value is -3.26. The van der Waals surface area contributed by atoms with Gasteiger partial charge in [-0.25, -0.2) is 0 Å². The van der Waals surface area contributed by atoms with Crippen molar-refractivity contribution in [1.82, 2.24) is 15.1 Å². The Labute approximate surface area is 162 Å². The molecular weight excluding hydrogens is 358 g/mol. The standard InChI is InChI=1S/C20H21N5O3/c26-18(8-9-19-23-20(24-28-19)16-6-3-4-10-21-16)22-15-5-1-2-7-17(15)25-11-13-27-14-12-25/h1-7,10H,8-9,11-14H2,(H,22,26). The molecule has 1 aliphatic rings. The summed E-state index contributed by atoms with van der Waals surface area (Å²) in [5.41, 5.74) is 2.45. The number of anilines is 2. The molecule has 0 bridgehead atoms. The van der Waals surface area contributed by atoms with Gasteiger partial charge in [0.25, 0.3) is 0 Å². The van der Waals surface area contributed by atoms with E-state index in [0.29, 0.717) is 37.0 Å². The second-order valence-corrected chi connectivity index (χ2v) is 6.39. The van der Waals surface area contributed by atoms with Gasteiger partial charge in [0.15, 0.2) is 0 Å². The highest BCUT2D eigenvalue weighted by molar-refractivity contribution is 5.94. The molecule has 0 radical (unpaired) electrons. The molecule has 28 heavy (non-hydrogen) atoms. The van der Waals surface area contributed by atoms with Crippen LogP contribution in [0, 0.1) is 0 Å². The van der Waals surface area contributed by atoms with Crippen LogP contribution in [0.1, 0.15) is 12.3 Å². The number of hydrogen-bond donors (Lipinski definition) is 1. The van der Waals surface area contributed by atoms with E-state index in [4.69, 9.17) is 9.26 Å². The molecule has 1 N–H and O–H groups in total. The SMILES string of the molecule is O=C(CCc1nc(-c2ccccn2)no1)Nc1ccccc1N1CCOCC1. The number of aromatic nitrogens is 3. The van der Waals surface area contributed by atoms with E-state index >= 15 is 0 Å². The van der Waals surface area contributed by atoms with E-state index in [1.54, 1.807) is 6.20 Å². The summed E-state index contributed by atoms with van der Waals surface area (Å²) >= 11 is 0. The molecule has 0 spiro atoms. The predicted molar refractivity (Wildman–Crippen MR) is 104 cm³/mol. The molecule has 8 nitrogen and oxygen atoms in total. The van der Waals surface area contributed by atoms with Crippen LogP contribution in [0.2, 0.25) is 0 Å². The van der Waals surface area contributed by atoms with Crippen molar-refractivity contribution < 1.29 is 14.1 Å². The van der Waals surface area contributed by atoms with Crippen molar-refractivity contribution >= 4 is 17.3 Å². The van der Waals surface area contributed by atoms with Gasteiger partial charge in [-0.1, -0.05) is 23.4 Å². The van der Waals surface area contributed by atoms with E-state index < -0.39 is 0 Å². The monoisotopic (exact) mass is 379 g/mol. The minimum absolute atomic E-state index is 0.0988. The zero-order valence-electron chi connectivity index (χ0n) is 15.4. The number of rotatable bonds is 6. The largest absolute Gasteiger partial charge is 0.378 e. The van der Waals surface area contributed by atoms with E-state index in [9.17, 15) is 4.79 Å². The van der Waals surface area contributed by atoms with Crippen molar-refractivity contribution in [1.29, 1.82) is 0 Å². The summed E-state index contributed by atoms with van der Waals surface area (Å²) in [5.74, 6) is 0.740. The van der Waals surface area contributed by atoms with Crippen LogP contribution < -0.4 is 10.2 Å². The van der Waals surface area contributed by atoms with Crippen molar-refractivity contribution in [3.8, 4) is 11.5 Å². The number of pyridine rings is 1. The van der Waals surface area contributed by atoms with Crippen LogP contribution in [-0.2, 0) is 16.0 Å². The lowest BCUT2D eigenvalue weighted by molar-refractivity contribution is -0.116. The average Bonchev–Trinajstić information content (AvgIpc) is 3.23. The molecule has 3 aromatic rings. The van der Waals surface area contributed by atoms with Crippen molar-refractivity contribution in [3.63, 3.8) is 0 Å². The predicted octanol–water partition coefficient (Wildman–Crippen LogP) is 2.54. The molecule has 3 heterocycles. The highest BCUT2D eigenvalue weighted by Gasteiger charge is 2.16. The number of amides is 1. The van der Waals surface area contributed by atoms with E-state index in [1.807, 2.05) is 42.5 Å². The maximum absolute atomic E-state index is 12.4. The van der Waals surface area contributed by atoms with Gasteiger partial charge >= 0.3 is 0 Å². The zero-order chi connectivity index (χ0) is 19.2. The number of ether oxygens (including phenoxy) is 1. The quantitative estimate of drug-likeness (QED) is 0.703. The van der Waals surface area contributed by atoms with Gasteiger partial charge in [0.05, 0.1) is 24.6 Å². The number of carbonyl (C=O) groups excluding carboxylic acids is 1. The van der Waals surface area contributed by atoms with Crippen molar-refractivity contribution in [2.75, 3.05) is 36.5 Å². The number of aryl methyl sites for hydroxylation is 1. The molecule has 1 fully saturated rings. The first-order chi connectivity index (χ1) is 13.8. The average molecular weight is 379 g/mol. The third kappa shape index (κ3) is 4.34. The molecule has 8 heteroatoms. The number of morpholine rings is 1. The van der Waals surface area contributed by atoms with Crippen molar-refractivity contribution in [3.05, 3.63) is 54.6 Å². The van der Waals surface area contributed by atoms with Crippen LogP contribution in [0.15, 0.2) is 53.2 Å². The summed E-state index contributed by atoms with van der Waals surface area (Å²) in [6, 6.07) is 13.3. The molecule has 144 valence electrons. The first kappa shape index (κ1) is 18.1.